The molecule has 0 radical (unpaired) electrons. The quantitative estimate of drug-likeness (QED) is 0.851. The fourth-order valence-electron chi connectivity index (χ4n) is 2.48. The largest absolute Gasteiger partial charge is 0.349 e. The minimum absolute atomic E-state index is 0.151. The van der Waals surface area contributed by atoms with Crippen LogP contribution in [0.2, 0.25) is 5.02 Å². The first kappa shape index (κ1) is 13.3. The maximum atomic E-state index is 12.2. The molecule has 100 valence electrons. The van der Waals surface area contributed by atoms with Crippen molar-refractivity contribution in [2.24, 2.45) is 0 Å². The zero-order chi connectivity index (χ0) is 14.1. The number of hydrogen-bond donors (Lipinski definition) is 1. The van der Waals surface area contributed by atoms with E-state index in [-0.39, 0.29) is 11.7 Å². The van der Waals surface area contributed by atoms with Crippen LogP contribution in [0.5, 0.6) is 0 Å². The normalized spacial score (nSPS) is 16.9. The van der Waals surface area contributed by atoms with Crippen LogP contribution in [0, 0.1) is 0 Å². The lowest BCUT2D eigenvalue weighted by Crippen LogP contribution is -2.23. The van der Waals surface area contributed by atoms with Crippen LogP contribution in [0.3, 0.4) is 0 Å². The molecule has 20 heavy (non-hydrogen) atoms. The fourth-order valence-corrected chi connectivity index (χ4v) is 2.98. The van der Waals surface area contributed by atoms with Gasteiger partial charge >= 0.3 is 0 Å². The van der Waals surface area contributed by atoms with Crippen LogP contribution in [0.4, 0.5) is 5.69 Å². The molecule has 1 atom stereocenters. The molecule has 4 heteroatoms. The first-order chi connectivity index (χ1) is 9.65. The third-order valence-corrected chi connectivity index (χ3v) is 4.02. The molecule has 2 aromatic rings. The van der Waals surface area contributed by atoms with E-state index >= 15 is 0 Å². The SMILES string of the molecule is O=C1Cc2ccccc2C1C(=S)Nc1ccc(Cl)cc1. The van der Waals surface area contributed by atoms with Crippen LogP contribution >= 0.6 is 23.8 Å². The van der Waals surface area contributed by atoms with Gasteiger partial charge in [-0.1, -0.05) is 48.1 Å². The van der Waals surface area contributed by atoms with Gasteiger partial charge in [0.25, 0.3) is 0 Å². The van der Waals surface area contributed by atoms with Gasteiger partial charge in [-0.3, -0.25) is 4.79 Å². The molecule has 0 fully saturated rings. The summed E-state index contributed by atoms with van der Waals surface area (Å²) in [5, 5.41) is 3.80. The van der Waals surface area contributed by atoms with E-state index in [1.165, 1.54) is 0 Å². The average molecular weight is 302 g/mol. The minimum atomic E-state index is -0.336. The Bertz CT molecular complexity index is 681. The van der Waals surface area contributed by atoms with E-state index in [9.17, 15) is 4.79 Å². The average Bonchev–Trinajstić information content (AvgIpc) is 2.77. The number of hydrogen-bond acceptors (Lipinski definition) is 2. The Morgan fingerprint density at radius 1 is 1.15 bits per heavy atom. The Morgan fingerprint density at radius 3 is 2.60 bits per heavy atom. The van der Waals surface area contributed by atoms with Gasteiger partial charge in [-0.15, -0.1) is 0 Å². The Labute approximate surface area is 127 Å². The van der Waals surface area contributed by atoms with E-state index in [2.05, 4.69) is 5.32 Å². The lowest BCUT2D eigenvalue weighted by Gasteiger charge is -2.14. The predicted octanol–water partition coefficient (Wildman–Crippen LogP) is 3.99. The molecule has 1 unspecified atom stereocenters. The molecule has 0 aromatic heterocycles. The van der Waals surface area contributed by atoms with Crippen molar-refractivity contribution in [2.45, 2.75) is 12.3 Å². The standard InChI is InChI=1S/C16H12ClNOS/c17-11-5-7-12(8-6-11)18-16(20)15-13-4-2-1-3-10(13)9-14(15)19/h1-8,15H,9H2,(H,18,20). The van der Waals surface area contributed by atoms with Gasteiger partial charge in [0, 0.05) is 17.1 Å². The molecular formula is C16H12ClNOS. The van der Waals surface area contributed by atoms with Crippen molar-refractivity contribution in [3.63, 3.8) is 0 Å². The molecule has 0 spiro atoms. The lowest BCUT2D eigenvalue weighted by atomic mass is 10.0. The number of anilines is 1. The number of Topliss-reactive ketones (excluding diaryl/α,β-unsaturated/α-hetero) is 1. The highest BCUT2D eigenvalue weighted by molar-refractivity contribution is 7.80. The summed E-state index contributed by atoms with van der Waals surface area (Å²) in [6.45, 7) is 0. The topological polar surface area (TPSA) is 29.1 Å². The molecular weight excluding hydrogens is 290 g/mol. The summed E-state index contributed by atoms with van der Waals surface area (Å²) >= 11 is 11.3. The van der Waals surface area contributed by atoms with E-state index in [1.54, 1.807) is 12.1 Å². The zero-order valence-electron chi connectivity index (χ0n) is 10.6. The highest BCUT2D eigenvalue weighted by Gasteiger charge is 2.33. The number of rotatable bonds is 2. The van der Waals surface area contributed by atoms with E-state index in [0.29, 0.717) is 16.4 Å². The van der Waals surface area contributed by atoms with Crippen LogP contribution < -0.4 is 5.32 Å². The number of fused-ring (bicyclic) bond motifs is 1. The molecule has 0 saturated heterocycles. The van der Waals surface area contributed by atoms with Gasteiger partial charge in [-0.25, -0.2) is 0 Å². The Morgan fingerprint density at radius 2 is 1.85 bits per heavy atom. The van der Waals surface area contributed by atoms with E-state index in [4.69, 9.17) is 23.8 Å². The monoisotopic (exact) mass is 301 g/mol. The Hall–Kier alpha value is -1.71. The molecule has 1 aliphatic carbocycles. The molecule has 1 aliphatic rings. The van der Waals surface area contributed by atoms with Crippen LogP contribution in [-0.2, 0) is 11.2 Å². The van der Waals surface area contributed by atoms with E-state index in [0.717, 1.165) is 16.8 Å². The van der Waals surface area contributed by atoms with Gasteiger partial charge < -0.3 is 5.32 Å². The first-order valence-electron chi connectivity index (χ1n) is 6.32. The summed E-state index contributed by atoms with van der Waals surface area (Å²) in [6.07, 6.45) is 0.462. The number of nitrogens with one attached hydrogen (secondary N) is 1. The maximum Gasteiger partial charge on any atom is 0.151 e. The van der Waals surface area contributed by atoms with Crippen LogP contribution in [-0.4, -0.2) is 10.8 Å². The van der Waals surface area contributed by atoms with Gasteiger partial charge in [-0.2, -0.15) is 0 Å². The molecule has 2 aromatic carbocycles. The zero-order valence-corrected chi connectivity index (χ0v) is 12.2. The van der Waals surface area contributed by atoms with Gasteiger partial charge in [0.05, 0.1) is 10.9 Å². The molecule has 0 bridgehead atoms. The molecule has 1 N–H and O–H groups in total. The number of carbonyl (C=O) groups excluding carboxylic acids is 1. The van der Waals surface area contributed by atoms with E-state index < -0.39 is 0 Å². The van der Waals surface area contributed by atoms with Crippen molar-refractivity contribution in [3.8, 4) is 0 Å². The summed E-state index contributed by atoms with van der Waals surface area (Å²) in [6, 6.07) is 15.1. The second kappa shape index (κ2) is 5.35. The van der Waals surface area contributed by atoms with Gasteiger partial charge in [0.1, 0.15) is 0 Å². The molecule has 0 amide bonds. The number of benzene rings is 2. The summed E-state index contributed by atoms with van der Waals surface area (Å²) in [7, 11) is 0. The molecule has 0 aliphatic heterocycles. The van der Waals surface area contributed by atoms with Crippen molar-refractivity contribution in [1.82, 2.24) is 0 Å². The number of carbonyl (C=O) groups is 1. The maximum absolute atomic E-state index is 12.2. The Kier molecular flexibility index (Phi) is 3.55. The Balaban J connectivity index is 1.84. The molecule has 0 heterocycles. The molecule has 0 saturated carbocycles. The van der Waals surface area contributed by atoms with Crippen molar-refractivity contribution in [1.29, 1.82) is 0 Å². The van der Waals surface area contributed by atoms with Crippen molar-refractivity contribution in [3.05, 3.63) is 64.7 Å². The highest BCUT2D eigenvalue weighted by Crippen LogP contribution is 2.31. The second-order valence-corrected chi connectivity index (χ2v) is 5.65. The third kappa shape index (κ3) is 2.47. The molecule has 2 nitrogen and oxygen atoms in total. The predicted molar refractivity (Wildman–Crippen MR) is 85.6 cm³/mol. The van der Waals surface area contributed by atoms with Crippen molar-refractivity contribution < 1.29 is 4.79 Å². The summed E-state index contributed by atoms with van der Waals surface area (Å²) in [5.74, 6) is -0.186. The van der Waals surface area contributed by atoms with Gasteiger partial charge in [0.2, 0.25) is 0 Å². The van der Waals surface area contributed by atoms with Crippen LogP contribution in [0.1, 0.15) is 17.0 Å². The second-order valence-electron chi connectivity index (χ2n) is 4.77. The summed E-state index contributed by atoms with van der Waals surface area (Å²) in [5.41, 5.74) is 2.93. The minimum Gasteiger partial charge on any atom is -0.349 e. The highest BCUT2D eigenvalue weighted by atomic mass is 35.5. The van der Waals surface area contributed by atoms with Crippen LogP contribution in [0.25, 0.3) is 0 Å². The number of halogens is 1. The smallest absolute Gasteiger partial charge is 0.151 e. The van der Waals surface area contributed by atoms with Crippen LogP contribution in [0.15, 0.2) is 48.5 Å². The van der Waals surface area contributed by atoms with Crippen molar-refractivity contribution >= 4 is 40.3 Å². The fraction of sp³-hybridized carbons (Fsp3) is 0.125. The number of thiocarbonyl (C=S) groups is 1. The first-order valence-corrected chi connectivity index (χ1v) is 7.11. The van der Waals surface area contributed by atoms with E-state index in [1.807, 2.05) is 36.4 Å². The summed E-state index contributed by atoms with van der Waals surface area (Å²) in [4.78, 5) is 12.7. The van der Waals surface area contributed by atoms with Gasteiger partial charge in [-0.05, 0) is 35.4 Å². The van der Waals surface area contributed by atoms with Crippen molar-refractivity contribution in [2.75, 3.05) is 5.32 Å². The number of ketones is 1. The third-order valence-electron chi connectivity index (χ3n) is 3.43. The summed E-state index contributed by atoms with van der Waals surface area (Å²) < 4.78 is 0. The lowest BCUT2D eigenvalue weighted by molar-refractivity contribution is -0.117. The van der Waals surface area contributed by atoms with Gasteiger partial charge in [0.15, 0.2) is 5.78 Å². The molecule has 3 rings (SSSR count).